The summed E-state index contributed by atoms with van der Waals surface area (Å²) in [6.07, 6.45) is 56.7. The van der Waals surface area contributed by atoms with Gasteiger partial charge in [0.15, 0.2) is 0 Å². The lowest BCUT2D eigenvalue weighted by atomic mass is 10.0. The standard InChI is InChI=1S/C55H105NO5/c1-4-7-10-13-16-19-22-24-26-28-30-32-34-37-40-43-46-51(61-55(60)48-45-42-39-36-21-18-15-12-9-6-3)49-54(59)56-52(50-57)53(58)47-44-41-38-35-33-31-29-27-25-23-20-17-14-11-8-5-2/h26,28,30,32,51-53,57-58H,4-25,27,29,31,33-50H2,1-3H3,(H,56,59)/b28-26+,32-30+. The molecule has 0 aromatic heterocycles. The van der Waals surface area contributed by atoms with Crippen LogP contribution in [-0.2, 0) is 14.3 Å². The van der Waals surface area contributed by atoms with Gasteiger partial charge in [-0.1, -0.05) is 251 Å². The average Bonchev–Trinajstić information content (AvgIpc) is 3.25. The highest BCUT2D eigenvalue weighted by Crippen LogP contribution is 2.18. The summed E-state index contributed by atoms with van der Waals surface area (Å²) in [7, 11) is 0. The Hall–Kier alpha value is -1.66. The Labute approximate surface area is 380 Å². The van der Waals surface area contributed by atoms with E-state index in [-0.39, 0.29) is 24.9 Å². The van der Waals surface area contributed by atoms with E-state index < -0.39 is 18.2 Å². The second-order valence-corrected chi connectivity index (χ2v) is 18.7. The van der Waals surface area contributed by atoms with Crippen LogP contribution in [0.15, 0.2) is 24.3 Å². The van der Waals surface area contributed by atoms with E-state index >= 15 is 0 Å². The Bertz CT molecular complexity index is 966. The molecule has 3 unspecified atom stereocenters. The smallest absolute Gasteiger partial charge is 0.306 e. The zero-order valence-corrected chi connectivity index (χ0v) is 41.1. The number of hydrogen-bond donors (Lipinski definition) is 3. The van der Waals surface area contributed by atoms with Gasteiger partial charge in [0.1, 0.15) is 6.10 Å². The minimum atomic E-state index is -0.791. The monoisotopic (exact) mass is 860 g/mol. The SMILES string of the molecule is CCCCCCCCC/C=C/C=C/CCCCCC(CC(=O)NC(CO)C(O)CCCCCCCCCCCCCCCCCC)OC(=O)CCCCCCCCCCCC. The minimum Gasteiger partial charge on any atom is -0.462 e. The Kier molecular flexibility index (Phi) is 48.0. The van der Waals surface area contributed by atoms with Crippen molar-refractivity contribution in [3.05, 3.63) is 24.3 Å². The van der Waals surface area contributed by atoms with Gasteiger partial charge in [0.05, 0.1) is 25.2 Å². The van der Waals surface area contributed by atoms with Crippen molar-refractivity contribution in [3.63, 3.8) is 0 Å². The molecule has 0 fully saturated rings. The Morgan fingerprint density at radius 3 is 1.23 bits per heavy atom. The molecule has 0 radical (unpaired) electrons. The number of rotatable bonds is 49. The van der Waals surface area contributed by atoms with E-state index in [2.05, 4.69) is 50.4 Å². The van der Waals surface area contributed by atoms with Crippen LogP contribution in [0.3, 0.4) is 0 Å². The molecule has 1 amide bonds. The Morgan fingerprint density at radius 1 is 0.475 bits per heavy atom. The summed E-state index contributed by atoms with van der Waals surface area (Å²) in [6, 6.07) is -0.705. The molecule has 360 valence electrons. The fourth-order valence-corrected chi connectivity index (χ4v) is 8.42. The molecule has 3 N–H and O–H groups in total. The largest absolute Gasteiger partial charge is 0.462 e. The first-order chi connectivity index (χ1) is 30.0. The highest BCUT2D eigenvalue weighted by Gasteiger charge is 2.24. The van der Waals surface area contributed by atoms with Gasteiger partial charge in [0.25, 0.3) is 0 Å². The molecule has 0 spiro atoms. The van der Waals surface area contributed by atoms with Crippen LogP contribution in [0, 0.1) is 0 Å². The summed E-state index contributed by atoms with van der Waals surface area (Å²) in [6.45, 7) is 6.49. The zero-order chi connectivity index (χ0) is 44.5. The maximum Gasteiger partial charge on any atom is 0.306 e. The lowest BCUT2D eigenvalue weighted by molar-refractivity contribution is -0.151. The lowest BCUT2D eigenvalue weighted by Crippen LogP contribution is -2.46. The number of amides is 1. The molecule has 0 aliphatic carbocycles. The molecule has 0 aliphatic heterocycles. The van der Waals surface area contributed by atoms with Gasteiger partial charge < -0.3 is 20.3 Å². The first kappa shape index (κ1) is 59.3. The van der Waals surface area contributed by atoms with Crippen molar-refractivity contribution in [2.24, 2.45) is 0 Å². The molecule has 0 saturated heterocycles. The maximum absolute atomic E-state index is 13.2. The van der Waals surface area contributed by atoms with Crippen LogP contribution in [0.25, 0.3) is 0 Å². The topological polar surface area (TPSA) is 95.9 Å². The molecule has 0 bridgehead atoms. The number of allylic oxidation sites excluding steroid dienone is 4. The number of aliphatic hydroxyl groups excluding tert-OH is 2. The third kappa shape index (κ3) is 44.7. The molecule has 0 aromatic carbocycles. The molecule has 0 rings (SSSR count). The molecular weight excluding hydrogens is 755 g/mol. The third-order valence-electron chi connectivity index (χ3n) is 12.6. The molecule has 0 aliphatic rings. The number of esters is 1. The molecule has 0 saturated carbocycles. The number of carbonyl (C=O) groups is 2. The van der Waals surface area contributed by atoms with Crippen molar-refractivity contribution in [2.45, 2.75) is 309 Å². The van der Waals surface area contributed by atoms with Gasteiger partial charge in [-0.2, -0.15) is 0 Å². The van der Waals surface area contributed by atoms with E-state index in [4.69, 9.17) is 4.74 Å². The molecule has 61 heavy (non-hydrogen) atoms. The number of unbranched alkanes of at least 4 members (excludes halogenated alkanes) is 34. The van der Waals surface area contributed by atoms with Crippen LogP contribution in [0.2, 0.25) is 0 Å². The van der Waals surface area contributed by atoms with Gasteiger partial charge in [0, 0.05) is 6.42 Å². The summed E-state index contributed by atoms with van der Waals surface area (Å²) in [5, 5.41) is 23.8. The van der Waals surface area contributed by atoms with E-state index in [9.17, 15) is 19.8 Å². The average molecular weight is 860 g/mol. The minimum absolute atomic E-state index is 0.0650. The second kappa shape index (κ2) is 49.4. The van der Waals surface area contributed by atoms with Crippen LogP contribution in [-0.4, -0.2) is 46.9 Å². The van der Waals surface area contributed by atoms with Crippen molar-refractivity contribution in [2.75, 3.05) is 6.61 Å². The van der Waals surface area contributed by atoms with Gasteiger partial charge in [-0.05, 0) is 51.4 Å². The van der Waals surface area contributed by atoms with Crippen LogP contribution in [0.1, 0.15) is 290 Å². The third-order valence-corrected chi connectivity index (χ3v) is 12.6. The first-order valence-electron chi connectivity index (χ1n) is 27.1. The summed E-state index contributed by atoms with van der Waals surface area (Å²) in [4.78, 5) is 26.1. The van der Waals surface area contributed by atoms with Crippen molar-refractivity contribution in [1.29, 1.82) is 0 Å². The summed E-state index contributed by atoms with van der Waals surface area (Å²) in [5.41, 5.74) is 0. The van der Waals surface area contributed by atoms with E-state index in [0.717, 1.165) is 64.2 Å². The fraction of sp³-hybridized carbons (Fsp3) is 0.891. The molecule has 6 heteroatoms. The van der Waals surface area contributed by atoms with E-state index in [1.165, 1.54) is 180 Å². The predicted octanol–water partition coefficient (Wildman–Crippen LogP) is 16.3. The van der Waals surface area contributed by atoms with Crippen molar-refractivity contribution >= 4 is 11.9 Å². The van der Waals surface area contributed by atoms with Crippen LogP contribution >= 0.6 is 0 Å². The predicted molar refractivity (Wildman–Crippen MR) is 264 cm³/mol. The van der Waals surface area contributed by atoms with Crippen molar-refractivity contribution in [3.8, 4) is 0 Å². The highest BCUT2D eigenvalue weighted by molar-refractivity contribution is 5.77. The second-order valence-electron chi connectivity index (χ2n) is 18.7. The van der Waals surface area contributed by atoms with E-state index in [1.807, 2.05) is 0 Å². The molecule has 3 atom stereocenters. The molecule has 0 heterocycles. The molecule has 6 nitrogen and oxygen atoms in total. The highest BCUT2D eigenvalue weighted by atomic mass is 16.5. The lowest BCUT2D eigenvalue weighted by Gasteiger charge is -2.24. The number of aliphatic hydroxyl groups is 2. The van der Waals surface area contributed by atoms with Crippen LogP contribution < -0.4 is 5.32 Å². The quantitative estimate of drug-likeness (QED) is 0.0322. The van der Waals surface area contributed by atoms with Crippen LogP contribution in [0.5, 0.6) is 0 Å². The van der Waals surface area contributed by atoms with Gasteiger partial charge in [0.2, 0.25) is 5.91 Å². The number of hydrogen-bond acceptors (Lipinski definition) is 5. The Morgan fingerprint density at radius 2 is 0.820 bits per heavy atom. The maximum atomic E-state index is 13.2. The number of carbonyl (C=O) groups excluding carboxylic acids is 2. The number of nitrogens with one attached hydrogen (secondary N) is 1. The Balaban J connectivity index is 4.53. The van der Waals surface area contributed by atoms with Crippen molar-refractivity contribution in [1.82, 2.24) is 5.32 Å². The fourth-order valence-electron chi connectivity index (χ4n) is 8.42. The van der Waals surface area contributed by atoms with E-state index in [1.54, 1.807) is 0 Å². The summed E-state index contributed by atoms with van der Waals surface area (Å²) < 4.78 is 5.92. The number of ether oxygens (including phenoxy) is 1. The normalized spacial score (nSPS) is 13.3. The van der Waals surface area contributed by atoms with Gasteiger partial charge in [-0.25, -0.2) is 0 Å². The molecular formula is C55H105NO5. The zero-order valence-electron chi connectivity index (χ0n) is 41.1. The summed E-state index contributed by atoms with van der Waals surface area (Å²) in [5.74, 6) is -0.487. The van der Waals surface area contributed by atoms with Gasteiger partial charge >= 0.3 is 5.97 Å². The van der Waals surface area contributed by atoms with Crippen LogP contribution in [0.4, 0.5) is 0 Å². The first-order valence-corrected chi connectivity index (χ1v) is 27.1. The summed E-state index contributed by atoms with van der Waals surface area (Å²) >= 11 is 0. The van der Waals surface area contributed by atoms with Crippen molar-refractivity contribution < 1.29 is 24.5 Å². The van der Waals surface area contributed by atoms with Gasteiger partial charge in [-0.3, -0.25) is 9.59 Å². The van der Waals surface area contributed by atoms with Gasteiger partial charge in [-0.15, -0.1) is 0 Å². The van der Waals surface area contributed by atoms with E-state index in [0.29, 0.717) is 19.3 Å². The molecule has 0 aromatic rings.